The molecule has 1 atom stereocenters. The highest BCUT2D eigenvalue weighted by Gasteiger charge is 2.29. The minimum Gasteiger partial charge on any atom is -0.380 e. The molecule has 4 nitrogen and oxygen atoms in total. The van der Waals surface area contributed by atoms with Crippen molar-refractivity contribution in [1.29, 1.82) is 0 Å². The van der Waals surface area contributed by atoms with Gasteiger partial charge in [0.25, 0.3) is 0 Å². The zero-order valence-corrected chi connectivity index (χ0v) is 16.0. The number of carbonyl (C=O) groups excluding carboxylic acids is 1. The minimum absolute atomic E-state index is 0.0787. The molecule has 4 rings (SSSR count). The summed E-state index contributed by atoms with van der Waals surface area (Å²) in [5, 5.41) is 3.04. The smallest absolute Gasteiger partial charge is 0.322 e. The molecule has 1 N–H and O–H groups in total. The van der Waals surface area contributed by atoms with Crippen LogP contribution in [0.4, 0.5) is 10.5 Å². The summed E-state index contributed by atoms with van der Waals surface area (Å²) in [6.07, 6.45) is 0. The number of urea groups is 1. The van der Waals surface area contributed by atoms with Crippen molar-refractivity contribution in [3.05, 3.63) is 101 Å². The molecule has 142 valence electrons. The molecule has 3 aromatic rings. The molecule has 1 unspecified atom stereocenters. The van der Waals surface area contributed by atoms with Gasteiger partial charge in [0.2, 0.25) is 0 Å². The Hall–Kier alpha value is -3.11. The molecule has 0 aromatic heterocycles. The zero-order chi connectivity index (χ0) is 19.3. The molecule has 0 fully saturated rings. The lowest BCUT2D eigenvalue weighted by Crippen LogP contribution is -2.41. The first-order valence-electron chi connectivity index (χ1n) is 9.51. The van der Waals surface area contributed by atoms with Crippen molar-refractivity contribution in [1.82, 2.24) is 4.90 Å². The Balaban J connectivity index is 1.57. The molecule has 0 saturated heterocycles. The largest absolute Gasteiger partial charge is 0.380 e. The van der Waals surface area contributed by atoms with Crippen molar-refractivity contribution in [3.63, 3.8) is 0 Å². The molecule has 1 heterocycles. The van der Waals surface area contributed by atoms with Crippen LogP contribution in [-0.4, -0.2) is 24.6 Å². The number of anilines is 1. The third-order valence-corrected chi connectivity index (χ3v) is 5.17. The summed E-state index contributed by atoms with van der Waals surface area (Å²) in [7, 11) is 1.67. The number of hydrogen-bond acceptors (Lipinski definition) is 2. The Morgan fingerprint density at radius 1 is 1.04 bits per heavy atom. The summed E-state index contributed by atoms with van der Waals surface area (Å²) in [4.78, 5) is 14.9. The maximum atomic E-state index is 13.0. The van der Waals surface area contributed by atoms with Gasteiger partial charge in [-0.3, -0.25) is 0 Å². The molecule has 3 aromatic carbocycles. The molecular weight excluding hydrogens is 348 g/mol. The molecule has 0 bridgehead atoms. The predicted molar refractivity (Wildman–Crippen MR) is 111 cm³/mol. The van der Waals surface area contributed by atoms with Crippen molar-refractivity contribution in [2.75, 3.05) is 19.0 Å². The molecule has 28 heavy (non-hydrogen) atoms. The highest BCUT2D eigenvalue weighted by Crippen LogP contribution is 2.33. The second-order valence-corrected chi connectivity index (χ2v) is 7.11. The number of nitrogens with one attached hydrogen (secondary N) is 1. The standard InChI is InChI=1S/C24H24N2O2/c1-28-17-18-8-7-12-21(14-18)25-24(27)26-15-20-11-5-6-13-22(20)23(16-26)19-9-3-2-4-10-19/h2-14,23H,15-17H2,1H3,(H,25,27). The van der Waals surface area contributed by atoms with E-state index in [2.05, 4.69) is 47.8 Å². The van der Waals surface area contributed by atoms with E-state index in [4.69, 9.17) is 4.74 Å². The molecule has 4 heteroatoms. The van der Waals surface area contributed by atoms with E-state index in [0.717, 1.165) is 11.3 Å². The fourth-order valence-electron chi connectivity index (χ4n) is 3.84. The van der Waals surface area contributed by atoms with Crippen LogP contribution in [0.2, 0.25) is 0 Å². The van der Waals surface area contributed by atoms with E-state index in [-0.39, 0.29) is 11.9 Å². The summed E-state index contributed by atoms with van der Waals surface area (Å²) in [6.45, 7) is 1.80. The third kappa shape index (κ3) is 3.92. The number of nitrogens with zero attached hydrogens (tertiary/aromatic N) is 1. The van der Waals surface area contributed by atoms with Crippen molar-refractivity contribution >= 4 is 11.7 Å². The van der Waals surface area contributed by atoms with Gasteiger partial charge in [0, 0.05) is 31.8 Å². The number of rotatable bonds is 4. The van der Waals surface area contributed by atoms with E-state index in [1.54, 1.807) is 7.11 Å². The van der Waals surface area contributed by atoms with Crippen LogP contribution in [0.25, 0.3) is 0 Å². The van der Waals surface area contributed by atoms with Crippen molar-refractivity contribution in [2.24, 2.45) is 0 Å². The van der Waals surface area contributed by atoms with E-state index in [1.165, 1.54) is 16.7 Å². The van der Waals surface area contributed by atoms with E-state index in [0.29, 0.717) is 19.7 Å². The second-order valence-electron chi connectivity index (χ2n) is 7.11. The molecule has 0 aliphatic carbocycles. The summed E-state index contributed by atoms with van der Waals surface area (Å²) < 4.78 is 5.18. The quantitative estimate of drug-likeness (QED) is 0.699. The normalized spacial score (nSPS) is 15.8. The van der Waals surface area contributed by atoms with Gasteiger partial charge in [-0.25, -0.2) is 4.79 Å². The first-order valence-corrected chi connectivity index (χ1v) is 9.51. The van der Waals surface area contributed by atoms with Gasteiger partial charge in [-0.05, 0) is 34.4 Å². The lowest BCUT2D eigenvalue weighted by atomic mass is 9.85. The Labute approximate surface area is 165 Å². The van der Waals surface area contributed by atoms with E-state index in [9.17, 15) is 4.79 Å². The summed E-state index contributed by atoms with van der Waals surface area (Å²) >= 11 is 0. The van der Waals surface area contributed by atoms with Crippen LogP contribution in [0.1, 0.15) is 28.2 Å². The van der Waals surface area contributed by atoms with Gasteiger partial charge in [0.1, 0.15) is 0 Å². The lowest BCUT2D eigenvalue weighted by molar-refractivity contribution is 0.185. The molecule has 2 amide bonds. The third-order valence-electron chi connectivity index (χ3n) is 5.17. The van der Waals surface area contributed by atoms with Crippen LogP contribution >= 0.6 is 0 Å². The van der Waals surface area contributed by atoms with Gasteiger partial charge >= 0.3 is 6.03 Å². The highest BCUT2D eigenvalue weighted by atomic mass is 16.5. The number of ether oxygens (including phenoxy) is 1. The average Bonchev–Trinajstić information content (AvgIpc) is 2.74. The van der Waals surface area contributed by atoms with Crippen LogP contribution in [-0.2, 0) is 17.9 Å². The van der Waals surface area contributed by atoms with E-state index < -0.39 is 0 Å². The summed E-state index contributed by atoms with van der Waals surface area (Å²) in [5.74, 6) is 0.178. The summed E-state index contributed by atoms with van der Waals surface area (Å²) in [5.41, 5.74) is 5.56. The van der Waals surface area contributed by atoms with E-state index in [1.807, 2.05) is 41.3 Å². The molecular formula is C24H24N2O2. The van der Waals surface area contributed by atoms with Gasteiger partial charge in [-0.1, -0.05) is 66.7 Å². The number of amides is 2. The number of hydrogen-bond donors (Lipinski definition) is 1. The van der Waals surface area contributed by atoms with Crippen LogP contribution in [0.5, 0.6) is 0 Å². The molecule has 1 aliphatic rings. The number of carbonyl (C=O) groups is 1. The first kappa shape index (κ1) is 18.3. The van der Waals surface area contributed by atoms with Gasteiger partial charge in [-0.15, -0.1) is 0 Å². The van der Waals surface area contributed by atoms with Crippen LogP contribution in [0, 0.1) is 0 Å². The number of fused-ring (bicyclic) bond motifs is 1. The fourth-order valence-corrected chi connectivity index (χ4v) is 3.84. The summed E-state index contributed by atoms with van der Waals surface area (Å²) in [6, 6.07) is 26.5. The SMILES string of the molecule is COCc1cccc(NC(=O)N2Cc3ccccc3C(c3ccccc3)C2)c1. The highest BCUT2D eigenvalue weighted by molar-refractivity contribution is 5.89. The Morgan fingerprint density at radius 3 is 2.64 bits per heavy atom. The van der Waals surface area contributed by atoms with Gasteiger partial charge in [-0.2, -0.15) is 0 Å². The van der Waals surface area contributed by atoms with Gasteiger partial charge < -0.3 is 15.0 Å². The lowest BCUT2D eigenvalue weighted by Gasteiger charge is -2.35. The average molecular weight is 372 g/mol. The zero-order valence-electron chi connectivity index (χ0n) is 16.0. The molecule has 0 spiro atoms. The van der Waals surface area contributed by atoms with Crippen LogP contribution in [0.15, 0.2) is 78.9 Å². The Kier molecular flexibility index (Phi) is 5.40. The van der Waals surface area contributed by atoms with Crippen LogP contribution in [0.3, 0.4) is 0 Å². The maximum Gasteiger partial charge on any atom is 0.322 e. The van der Waals surface area contributed by atoms with Crippen molar-refractivity contribution < 1.29 is 9.53 Å². The molecule has 0 radical (unpaired) electrons. The van der Waals surface area contributed by atoms with Crippen molar-refractivity contribution in [3.8, 4) is 0 Å². The Morgan fingerprint density at radius 2 is 1.82 bits per heavy atom. The maximum absolute atomic E-state index is 13.0. The van der Waals surface area contributed by atoms with Gasteiger partial charge in [0.15, 0.2) is 0 Å². The van der Waals surface area contributed by atoms with Crippen LogP contribution < -0.4 is 5.32 Å². The topological polar surface area (TPSA) is 41.6 Å². The monoisotopic (exact) mass is 372 g/mol. The van der Waals surface area contributed by atoms with Gasteiger partial charge in [0.05, 0.1) is 6.61 Å². The first-order chi connectivity index (χ1) is 13.7. The number of methoxy groups -OCH3 is 1. The molecule has 1 aliphatic heterocycles. The predicted octanol–water partition coefficient (Wildman–Crippen LogP) is 5.01. The van der Waals surface area contributed by atoms with E-state index >= 15 is 0 Å². The second kappa shape index (κ2) is 8.28. The minimum atomic E-state index is -0.0787. The molecule has 0 saturated carbocycles. The van der Waals surface area contributed by atoms with Crippen molar-refractivity contribution in [2.45, 2.75) is 19.1 Å². The number of benzene rings is 3. The Bertz CT molecular complexity index is 956. The fraction of sp³-hybridized carbons (Fsp3) is 0.208.